The van der Waals surface area contributed by atoms with Crippen LogP contribution in [0.3, 0.4) is 0 Å². The SMILES string of the molecule is Cc1ncsc1CN[C@@H](C)C[C@@H](O)c1ccco1. The summed E-state index contributed by atoms with van der Waals surface area (Å²) in [5.74, 6) is 0.623. The van der Waals surface area contributed by atoms with Gasteiger partial charge in [-0.3, -0.25) is 0 Å². The summed E-state index contributed by atoms with van der Waals surface area (Å²) in [6, 6.07) is 3.80. The third-order valence-electron chi connectivity index (χ3n) is 2.90. The van der Waals surface area contributed by atoms with Crippen LogP contribution in [0.25, 0.3) is 0 Å². The van der Waals surface area contributed by atoms with Crippen LogP contribution in [0.15, 0.2) is 28.3 Å². The Hall–Kier alpha value is -1.17. The molecule has 18 heavy (non-hydrogen) atoms. The molecule has 0 aromatic carbocycles. The lowest BCUT2D eigenvalue weighted by atomic mass is 10.1. The van der Waals surface area contributed by atoms with E-state index < -0.39 is 6.10 Å². The molecule has 2 atom stereocenters. The Balaban J connectivity index is 1.79. The van der Waals surface area contributed by atoms with E-state index >= 15 is 0 Å². The average molecular weight is 266 g/mol. The molecule has 0 saturated heterocycles. The highest BCUT2D eigenvalue weighted by molar-refractivity contribution is 7.09. The number of aliphatic hydroxyl groups is 1. The van der Waals surface area contributed by atoms with E-state index in [0.29, 0.717) is 12.2 Å². The molecule has 0 amide bonds. The van der Waals surface area contributed by atoms with Crippen LogP contribution in [0.1, 0.15) is 35.8 Å². The molecular weight excluding hydrogens is 248 g/mol. The number of aryl methyl sites for hydroxylation is 1. The van der Waals surface area contributed by atoms with Gasteiger partial charge in [0, 0.05) is 17.5 Å². The number of furan rings is 1. The van der Waals surface area contributed by atoms with Gasteiger partial charge in [-0.25, -0.2) is 4.98 Å². The van der Waals surface area contributed by atoms with Crippen molar-refractivity contribution < 1.29 is 9.52 Å². The summed E-state index contributed by atoms with van der Waals surface area (Å²) in [6.45, 7) is 4.86. The molecule has 2 N–H and O–H groups in total. The molecule has 2 aromatic heterocycles. The number of nitrogens with zero attached hydrogens (tertiary/aromatic N) is 1. The third-order valence-corrected chi connectivity index (χ3v) is 3.84. The van der Waals surface area contributed by atoms with Crippen LogP contribution in [-0.4, -0.2) is 16.1 Å². The maximum Gasteiger partial charge on any atom is 0.132 e. The second-order valence-corrected chi connectivity index (χ2v) is 5.35. The van der Waals surface area contributed by atoms with Crippen LogP contribution in [0.2, 0.25) is 0 Å². The number of nitrogens with one attached hydrogen (secondary N) is 1. The van der Waals surface area contributed by atoms with Gasteiger partial charge >= 0.3 is 0 Å². The van der Waals surface area contributed by atoms with E-state index in [2.05, 4.69) is 17.2 Å². The van der Waals surface area contributed by atoms with Crippen molar-refractivity contribution in [3.05, 3.63) is 40.2 Å². The van der Waals surface area contributed by atoms with Gasteiger partial charge in [0.2, 0.25) is 0 Å². The van der Waals surface area contributed by atoms with Crippen molar-refractivity contribution in [2.45, 2.75) is 39.0 Å². The molecule has 0 unspecified atom stereocenters. The third kappa shape index (κ3) is 3.41. The predicted molar refractivity (Wildman–Crippen MR) is 71.4 cm³/mol. The van der Waals surface area contributed by atoms with E-state index in [1.54, 1.807) is 29.7 Å². The second-order valence-electron chi connectivity index (χ2n) is 4.41. The largest absolute Gasteiger partial charge is 0.467 e. The van der Waals surface area contributed by atoms with E-state index in [4.69, 9.17) is 4.42 Å². The molecule has 0 bridgehead atoms. The van der Waals surface area contributed by atoms with Crippen LogP contribution < -0.4 is 5.32 Å². The molecule has 2 rings (SSSR count). The molecule has 0 aliphatic heterocycles. The monoisotopic (exact) mass is 266 g/mol. The first-order chi connectivity index (χ1) is 8.66. The standard InChI is InChI=1S/C13H18N2O2S/c1-9(6-11(16)12-4-3-5-17-12)14-7-13-10(2)15-8-18-13/h3-5,8-9,11,14,16H,6-7H2,1-2H3/t9-,11+/m0/s1. The molecule has 2 heterocycles. The maximum atomic E-state index is 9.95. The molecule has 0 aliphatic carbocycles. The van der Waals surface area contributed by atoms with Gasteiger partial charge in [0.25, 0.3) is 0 Å². The molecule has 0 radical (unpaired) electrons. The normalized spacial score (nSPS) is 14.6. The van der Waals surface area contributed by atoms with Crippen molar-refractivity contribution >= 4 is 11.3 Å². The Morgan fingerprint density at radius 3 is 3.00 bits per heavy atom. The minimum Gasteiger partial charge on any atom is -0.467 e. The molecular formula is C13H18N2O2S. The van der Waals surface area contributed by atoms with E-state index in [9.17, 15) is 5.11 Å². The molecule has 0 spiro atoms. The fraction of sp³-hybridized carbons (Fsp3) is 0.462. The Morgan fingerprint density at radius 1 is 1.56 bits per heavy atom. The molecule has 98 valence electrons. The fourth-order valence-electron chi connectivity index (χ4n) is 1.78. The lowest BCUT2D eigenvalue weighted by Crippen LogP contribution is -2.27. The van der Waals surface area contributed by atoms with E-state index in [1.165, 1.54) is 4.88 Å². The number of rotatable bonds is 6. The quantitative estimate of drug-likeness (QED) is 0.844. The van der Waals surface area contributed by atoms with E-state index in [0.717, 1.165) is 12.2 Å². The smallest absolute Gasteiger partial charge is 0.132 e. The zero-order valence-corrected chi connectivity index (χ0v) is 11.4. The zero-order valence-electron chi connectivity index (χ0n) is 10.6. The van der Waals surface area contributed by atoms with Crippen LogP contribution in [0.5, 0.6) is 0 Å². The van der Waals surface area contributed by atoms with Gasteiger partial charge in [-0.15, -0.1) is 11.3 Å². The van der Waals surface area contributed by atoms with E-state index in [1.807, 2.05) is 12.4 Å². The summed E-state index contributed by atoms with van der Waals surface area (Å²) >= 11 is 1.65. The first-order valence-corrected chi connectivity index (χ1v) is 6.88. The summed E-state index contributed by atoms with van der Waals surface area (Å²) in [7, 11) is 0. The number of hydrogen-bond donors (Lipinski definition) is 2. The van der Waals surface area contributed by atoms with Crippen LogP contribution in [-0.2, 0) is 6.54 Å². The molecule has 0 aliphatic rings. The first-order valence-electron chi connectivity index (χ1n) is 6.00. The molecule has 0 saturated carbocycles. The average Bonchev–Trinajstić information content (AvgIpc) is 2.97. The van der Waals surface area contributed by atoms with Crippen molar-refractivity contribution in [2.24, 2.45) is 0 Å². The van der Waals surface area contributed by atoms with E-state index in [-0.39, 0.29) is 6.04 Å². The number of hydrogen-bond acceptors (Lipinski definition) is 5. The minimum atomic E-state index is -0.551. The van der Waals surface area contributed by atoms with Crippen LogP contribution >= 0.6 is 11.3 Å². The Bertz CT molecular complexity index is 467. The number of thiazole rings is 1. The summed E-state index contributed by atoms with van der Waals surface area (Å²) in [6.07, 6.45) is 1.66. The highest BCUT2D eigenvalue weighted by Crippen LogP contribution is 2.19. The molecule has 5 heteroatoms. The highest BCUT2D eigenvalue weighted by atomic mass is 32.1. The highest BCUT2D eigenvalue weighted by Gasteiger charge is 2.14. The Labute approximate surface area is 111 Å². The predicted octanol–water partition coefficient (Wildman–Crippen LogP) is 2.65. The molecule has 4 nitrogen and oxygen atoms in total. The van der Waals surface area contributed by atoms with Gasteiger partial charge in [0.15, 0.2) is 0 Å². The summed E-state index contributed by atoms with van der Waals surface area (Å²) in [5.41, 5.74) is 2.93. The first kappa shape index (κ1) is 13.3. The lowest BCUT2D eigenvalue weighted by Gasteiger charge is -2.16. The lowest BCUT2D eigenvalue weighted by molar-refractivity contribution is 0.128. The van der Waals surface area contributed by atoms with Gasteiger partial charge in [-0.2, -0.15) is 0 Å². The van der Waals surface area contributed by atoms with Gasteiger partial charge in [-0.05, 0) is 32.4 Å². The zero-order chi connectivity index (χ0) is 13.0. The van der Waals surface area contributed by atoms with Gasteiger partial charge in [0.1, 0.15) is 11.9 Å². The molecule has 2 aromatic rings. The van der Waals surface area contributed by atoms with Crippen LogP contribution in [0.4, 0.5) is 0 Å². The minimum absolute atomic E-state index is 0.214. The summed E-state index contributed by atoms with van der Waals surface area (Å²) < 4.78 is 5.18. The second kappa shape index (κ2) is 6.13. The Kier molecular flexibility index (Phi) is 4.52. The van der Waals surface area contributed by atoms with Crippen molar-refractivity contribution in [3.63, 3.8) is 0 Å². The van der Waals surface area contributed by atoms with Crippen molar-refractivity contribution in [1.29, 1.82) is 0 Å². The maximum absolute atomic E-state index is 9.95. The van der Waals surface area contributed by atoms with Crippen molar-refractivity contribution in [2.75, 3.05) is 0 Å². The van der Waals surface area contributed by atoms with Crippen molar-refractivity contribution in [3.8, 4) is 0 Å². The van der Waals surface area contributed by atoms with Gasteiger partial charge < -0.3 is 14.8 Å². The van der Waals surface area contributed by atoms with Gasteiger partial charge in [-0.1, -0.05) is 0 Å². The van der Waals surface area contributed by atoms with Crippen LogP contribution in [0, 0.1) is 6.92 Å². The summed E-state index contributed by atoms with van der Waals surface area (Å²) in [4.78, 5) is 5.46. The Morgan fingerprint density at radius 2 is 2.39 bits per heavy atom. The number of aliphatic hydroxyl groups excluding tert-OH is 1. The van der Waals surface area contributed by atoms with Crippen molar-refractivity contribution in [1.82, 2.24) is 10.3 Å². The summed E-state index contributed by atoms with van der Waals surface area (Å²) in [5, 5.41) is 13.3. The topological polar surface area (TPSA) is 58.3 Å². The molecule has 0 fully saturated rings. The van der Waals surface area contributed by atoms with Gasteiger partial charge in [0.05, 0.1) is 17.5 Å². The number of aromatic nitrogens is 1. The fourth-order valence-corrected chi connectivity index (χ4v) is 2.51.